The number of nitrogens with zero attached hydrogens (tertiary/aromatic N) is 1. The van der Waals surface area contributed by atoms with Gasteiger partial charge in [0.05, 0.1) is 20.3 Å². The molecule has 1 N–H and O–H groups in total. The Kier molecular flexibility index (Phi) is 7.79. The summed E-state index contributed by atoms with van der Waals surface area (Å²) in [6.07, 6.45) is 0. The van der Waals surface area contributed by atoms with Crippen LogP contribution in [-0.4, -0.2) is 44.0 Å². The Hall–Kier alpha value is -2.86. The van der Waals surface area contributed by atoms with Gasteiger partial charge in [-0.3, -0.25) is 9.59 Å². The molecule has 6 nitrogen and oxygen atoms in total. The van der Waals surface area contributed by atoms with Crippen LogP contribution in [0.15, 0.2) is 30.3 Å². The second-order valence-electron chi connectivity index (χ2n) is 7.15. The second kappa shape index (κ2) is 10.1. The van der Waals surface area contributed by atoms with Crippen molar-refractivity contribution in [2.24, 2.45) is 0 Å². The molecule has 0 fully saturated rings. The highest BCUT2D eigenvalue weighted by molar-refractivity contribution is 6.00. The van der Waals surface area contributed by atoms with Crippen molar-refractivity contribution in [2.75, 3.05) is 32.6 Å². The number of carbonyl (C=O) groups is 2. The van der Waals surface area contributed by atoms with Gasteiger partial charge in [0.15, 0.2) is 0 Å². The Morgan fingerprint density at radius 2 is 1.72 bits per heavy atom. The van der Waals surface area contributed by atoms with Crippen molar-refractivity contribution in [1.82, 2.24) is 4.90 Å². The summed E-state index contributed by atoms with van der Waals surface area (Å²) in [6.45, 7) is 8.73. The van der Waals surface area contributed by atoms with Gasteiger partial charge >= 0.3 is 0 Å². The minimum Gasteiger partial charge on any atom is -0.496 e. The number of nitrogens with one attached hydrogen (secondary N) is 1. The summed E-state index contributed by atoms with van der Waals surface area (Å²) in [5.41, 5.74) is 5.22. The molecule has 0 saturated carbocycles. The number of rotatable bonds is 8. The molecule has 0 aromatic heterocycles. The van der Waals surface area contributed by atoms with E-state index in [4.69, 9.17) is 9.47 Å². The van der Waals surface area contributed by atoms with Gasteiger partial charge in [-0.05, 0) is 57.0 Å². The zero-order chi connectivity index (χ0) is 21.6. The maximum atomic E-state index is 12.8. The number of amides is 2. The summed E-state index contributed by atoms with van der Waals surface area (Å²) in [7, 11) is 3.20. The monoisotopic (exact) mass is 398 g/mol. The first-order valence-corrected chi connectivity index (χ1v) is 9.64. The third-order valence-corrected chi connectivity index (χ3v) is 4.66. The van der Waals surface area contributed by atoms with Gasteiger partial charge in [0.1, 0.15) is 5.75 Å². The van der Waals surface area contributed by atoms with Crippen LogP contribution in [0.4, 0.5) is 5.69 Å². The molecule has 2 amide bonds. The van der Waals surface area contributed by atoms with Crippen molar-refractivity contribution < 1.29 is 19.1 Å². The Bertz CT molecular complexity index is 869. The summed E-state index contributed by atoms with van der Waals surface area (Å²) >= 11 is 0. The van der Waals surface area contributed by atoms with Crippen LogP contribution in [0.5, 0.6) is 5.75 Å². The first-order chi connectivity index (χ1) is 13.8. The summed E-state index contributed by atoms with van der Waals surface area (Å²) < 4.78 is 10.8. The molecular formula is C23H30N2O4. The standard InChI is InChI=1S/C23H30N2O4/c1-7-29-14-19-12-18(8-9-20(19)28-6)23(27)25(5)13-21(26)24-22-16(3)10-15(2)11-17(22)4/h8-12H,7,13-14H2,1-6H3,(H,24,26). The fraction of sp³-hybridized carbons (Fsp3) is 0.391. The zero-order valence-corrected chi connectivity index (χ0v) is 18.1. The van der Waals surface area contributed by atoms with Gasteiger partial charge in [-0.25, -0.2) is 0 Å². The van der Waals surface area contributed by atoms with E-state index >= 15 is 0 Å². The molecule has 2 aromatic carbocycles. The fourth-order valence-corrected chi connectivity index (χ4v) is 3.30. The molecule has 156 valence electrons. The molecule has 0 spiro atoms. The van der Waals surface area contributed by atoms with Crippen molar-refractivity contribution in [2.45, 2.75) is 34.3 Å². The first kappa shape index (κ1) is 22.4. The largest absolute Gasteiger partial charge is 0.496 e. The first-order valence-electron chi connectivity index (χ1n) is 9.64. The summed E-state index contributed by atoms with van der Waals surface area (Å²) in [5.74, 6) is 0.192. The molecule has 0 heterocycles. The predicted octanol–water partition coefficient (Wildman–Crippen LogP) is 3.87. The number of hydrogen-bond donors (Lipinski definition) is 1. The van der Waals surface area contributed by atoms with Crippen molar-refractivity contribution in [3.05, 3.63) is 58.1 Å². The van der Waals surface area contributed by atoms with Gasteiger partial charge in [-0.1, -0.05) is 17.7 Å². The molecule has 0 radical (unpaired) electrons. The smallest absolute Gasteiger partial charge is 0.254 e. The number of anilines is 1. The van der Waals surface area contributed by atoms with Crippen LogP contribution in [0.2, 0.25) is 0 Å². The van der Waals surface area contributed by atoms with E-state index in [-0.39, 0.29) is 18.4 Å². The highest BCUT2D eigenvalue weighted by Crippen LogP contribution is 2.23. The van der Waals surface area contributed by atoms with Gasteiger partial charge in [0.2, 0.25) is 5.91 Å². The van der Waals surface area contributed by atoms with Gasteiger partial charge in [0.25, 0.3) is 5.91 Å². The molecule has 0 aliphatic heterocycles. The van der Waals surface area contributed by atoms with Crippen LogP contribution >= 0.6 is 0 Å². The van der Waals surface area contributed by atoms with Crippen LogP contribution in [0.25, 0.3) is 0 Å². The summed E-state index contributed by atoms with van der Waals surface area (Å²) in [4.78, 5) is 26.7. The lowest BCUT2D eigenvalue weighted by Crippen LogP contribution is -2.35. The molecule has 0 bridgehead atoms. The van der Waals surface area contributed by atoms with Crippen molar-refractivity contribution in [1.29, 1.82) is 0 Å². The van der Waals surface area contributed by atoms with Crippen molar-refractivity contribution in [3.63, 3.8) is 0 Å². The molecule has 2 aromatic rings. The highest BCUT2D eigenvalue weighted by Gasteiger charge is 2.18. The second-order valence-corrected chi connectivity index (χ2v) is 7.15. The quantitative estimate of drug-likeness (QED) is 0.733. The topological polar surface area (TPSA) is 67.9 Å². The van der Waals surface area contributed by atoms with E-state index in [1.54, 1.807) is 32.4 Å². The number of hydrogen-bond acceptors (Lipinski definition) is 4. The number of benzene rings is 2. The van der Waals surface area contributed by atoms with Crippen molar-refractivity contribution in [3.8, 4) is 5.75 Å². The Balaban J connectivity index is 2.09. The lowest BCUT2D eigenvalue weighted by atomic mass is 10.1. The van der Waals surface area contributed by atoms with E-state index in [1.807, 2.05) is 39.8 Å². The Morgan fingerprint density at radius 3 is 2.31 bits per heavy atom. The third kappa shape index (κ3) is 5.81. The normalized spacial score (nSPS) is 10.6. The molecule has 0 atom stereocenters. The molecular weight excluding hydrogens is 368 g/mol. The predicted molar refractivity (Wildman–Crippen MR) is 115 cm³/mol. The number of methoxy groups -OCH3 is 1. The van der Waals surface area contributed by atoms with Crippen molar-refractivity contribution >= 4 is 17.5 Å². The summed E-state index contributed by atoms with van der Waals surface area (Å²) in [6, 6.07) is 9.23. The van der Waals surface area contributed by atoms with Gasteiger partial charge in [-0.2, -0.15) is 0 Å². The molecule has 6 heteroatoms. The SMILES string of the molecule is CCOCc1cc(C(=O)N(C)CC(=O)Nc2c(C)cc(C)cc2C)ccc1OC. The van der Waals surface area contributed by atoms with E-state index < -0.39 is 0 Å². The van der Waals surface area contributed by atoms with E-state index in [0.29, 0.717) is 24.5 Å². The van der Waals surface area contributed by atoms with Crippen LogP contribution < -0.4 is 10.1 Å². The number of likely N-dealkylation sites (N-methyl/N-ethyl adjacent to an activating group) is 1. The third-order valence-electron chi connectivity index (χ3n) is 4.66. The minimum atomic E-state index is -0.238. The maximum Gasteiger partial charge on any atom is 0.254 e. The zero-order valence-electron chi connectivity index (χ0n) is 18.1. The number of carbonyl (C=O) groups excluding carboxylic acids is 2. The average Bonchev–Trinajstić information content (AvgIpc) is 2.68. The number of ether oxygens (including phenoxy) is 2. The van der Waals surface area contributed by atoms with E-state index in [9.17, 15) is 9.59 Å². The summed E-state index contributed by atoms with van der Waals surface area (Å²) in [5, 5.41) is 2.93. The molecule has 0 saturated heterocycles. The van der Waals surface area contributed by atoms with E-state index in [0.717, 1.165) is 27.9 Å². The molecule has 0 aliphatic carbocycles. The van der Waals surface area contributed by atoms with Crippen LogP contribution in [-0.2, 0) is 16.1 Å². The highest BCUT2D eigenvalue weighted by atomic mass is 16.5. The lowest BCUT2D eigenvalue weighted by Gasteiger charge is -2.19. The van der Waals surface area contributed by atoms with Crippen LogP contribution in [0, 0.1) is 20.8 Å². The molecule has 0 unspecified atom stereocenters. The Morgan fingerprint density at radius 1 is 1.07 bits per heavy atom. The Labute approximate surface area is 172 Å². The van der Waals surface area contributed by atoms with Gasteiger partial charge in [-0.15, -0.1) is 0 Å². The molecule has 29 heavy (non-hydrogen) atoms. The molecule has 0 aliphatic rings. The lowest BCUT2D eigenvalue weighted by molar-refractivity contribution is -0.116. The minimum absolute atomic E-state index is 0.0432. The van der Waals surface area contributed by atoms with Crippen LogP contribution in [0.3, 0.4) is 0 Å². The fourth-order valence-electron chi connectivity index (χ4n) is 3.30. The van der Waals surface area contributed by atoms with Gasteiger partial charge < -0.3 is 19.7 Å². The number of aryl methyl sites for hydroxylation is 3. The molecule has 2 rings (SSSR count). The van der Waals surface area contributed by atoms with E-state index in [2.05, 4.69) is 5.32 Å². The van der Waals surface area contributed by atoms with E-state index in [1.165, 1.54) is 4.90 Å². The average molecular weight is 399 g/mol. The van der Waals surface area contributed by atoms with Crippen LogP contribution in [0.1, 0.15) is 39.5 Å². The maximum absolute atomic E-state index is 12.8. The van der Waals surface area contributed by atoms with Gasteiger partial charge in [0, 0.05) is 30.5 Å².